The molecule has 1 fully saturated rings. The molecule has 0 unspecified atom stereocenters. The highest BCUT2D eigenvalue weighted by Gasteiger charge is 2.45. The first-order chi connectivity index (χ1) is 11.8. The zero-order valence-corrected chi connectivity index (χ0v) is 15.5. The molecule has 3 rings (SSSR count). The molecule has 2 atom stereocenters. The summed E-state index contributed by atoms with van der Waals surface area (Å²) in [5, 5.41) is 2.04. The number of rotatable bonds is 6. The van der Waals surface area contributed by atoms with Crippen LogP contribution in [-0.4, -0.2) is 39.6 Å². The minimum Gasteiger partial charge on any atom is -0.468 e. The zero-order chi connectivity index (χ0) is 18.1. The van der Waals surface area contributed by atoms with Crippen LogP contribution in [0.4, 0.5) is 0 Å². The summed E-state index contributed by atoms with van der Waals surface area (Å²) in [7, 11) is -7.16. The standard InChI is InChI=1S/C17H21NO5S2/c1-2-13-5-7-15(8-6-13)25(21,22)17-12-24(19,20)11-16(17)18-10-14-4-3-9-23-14/h3-9,16-18H,2,10-12H2,1H3/t16-,17+/m1/s1. The summed E-state index contributed by atoms with van der Waals surface area (Å²) < 4.78 is 55.3. The van der Waals surface area contributed by atoms with Crippen molar-refractivity contribution in [2.24, 2.45) is 0 Å². The lowest BCUT2D eigenvalue weighted by molar-refractivity contribution is 0.454. The van der Waals surface area contributed by atoms with Crippen molar-refractivity contribution in [3.8, 4) is 0 Å². The lowest BCUT2D eigenvalue weighted by atomic mass is 10.2. The third kappa shape index (κ3) is 3.96. The van der Waals surface area contributed by atoms with Crippen molar-refractivity contribution in [3.05, 3.63) is 54.0 Å². The summed E-state index contributed by atoms with van der Waals surface area (Å²) in [5.41, 5.74) is 1.03. The molecule has 0 amide bonds. The number of sulfone groups is 2. The maximum absolute atomic E-state index is 13.0. The van der Waals surface area contributed by atoms with Gasteiger partial charge >= 0.3 is 0 Å². The minimum absolute atomic E-state index is 0.164. The highest BCUT2D eigenvalue weighted by Crippen LogP contribution is 2.26. The highest BCUT2D eigenvalue weighted by atomic mass is 32.2. The lowest BCUT2D eigenvalue weighted by Gasteiger charge is -2.19. The van der Waals surface area contributed by atoms with Crippen LogP contribution >= 0.6 is 0 Å². The highest BCUT2D eigenvalue weighted by molar-refractivity contribution is 7.96. The van der Waals surface area contributed by atoms with E-state index < -0.39 is 31.0 Å². The topological polar surface area (TPSA) is 93.5 Å². The molecule has 0 aliphatic carbocycles. The Labute approximate surface area is 148 Å². The van der Waals surface area contributed by atoms with Gasteiger partial charge in [-0.1, -0.05) is 19.1 Å². The van der Waals surface area contributed by atoms with E-state index in [1.807, 2.05) is 6.92 Å². The van der Waals surface area contributed by atoms with Crippen LogP contribution in [0.3, 0.4) is 0 Å². The molecule has 2 heterocycles. The smallest absolute Gasteiger partial charge is 0.183 e. The largest absolute Gasteiger partial charge is 0.468 e. The quantitative estimate of drug-likeness (QED) is 0.814. The Morgan fingerprint density at radius 2 is 1.88 bits per heavy atom. The van der Waals surface area contributed by atoms with Crippen molar-refractivity contribution in [2.45, 2.75) is 36.1 Å². The molecule has 0 radical (unpaired) electrons. The second kappa shape index (κ2) is 6.93. The van der Waals surface area contributed by atoms with E-state index in [9.17, 15) is 16.8 Å². The Morgan fingerprint density at radius 1 is 1.16 bits per heavy atom. The zero-order valence-electron chi connectivity index (χ0n) is 13.9. The van der Waals surface area contributed by atoms with Gasteiger partial charge in [0.15, 0.2) is 19.7 Å². The summed E-state index contributed by atoms with van der Waals surface area (Å²) >= 11 is 0. The first kappa shape index (κ1) is 18.2. The monoisotopic (exact) mass is 383 g/mol. The molecule has 25 heavy (non-hydrogen) atoms. The number of furan rings is 1. The Balaban J connectivity index is 1.85. The molecule has 1 N–H and O–H groups in total. The van der Waals surface area contributed by atoms with Gasteiger partial charge in [-0.05, 0) is 36.2 Å². The van der Waals surface area contributed by atoms with Gasteiger partial charge in [0.2, 0.25) is 0 Å². The van der Waals surface area contributed by atoms with Crippen molar-refractivity contribution in [1.82, 2.24) is 5.32 Å². The van der Waals surface area contributed by atoms with Crippen LogP contribution in [0.1, 0.15) is 18.2 Å². The third-order valence-electron chi connectivity index (χ3n) is 4.48. The van der Waals surface area contributed by atoms with Crippen molar-refractivity contribution < 1.29 is 21.3 Å². The van der Waals surface area contributed by atoms with E-state index in [0.717, 1.165) is 12.0 Å². The van der Waals surface area contributed by atoms with Crippen LogP contribution in [0.15, 0.2) is 52.0 Å². The second-order valence-corrected chi connectivity index (χ2v) is 10.5. The van der Waals surface area contributed by atoms with Gasteiger partial charge in [-0.25, -0.2) is 16.8 Å². The molecule has 1 aromatic heterocycles. The average Bonchev–Trinajstić information content (AvgIpc) is 3.20. The fourth-order valence-electron chi connectivity index (χ4n) is 3.05. The van der Waals surface area contributed by atoms with Crippen LogP contribution in [0.5, 0.6) is 0 Å². The fourth-order valence-corrected chi connectivity index (χ4v) is 7.76. The lowest BCUT2D eigenvalue weighted by Crippen LogP contribution is -2.42. The molecule has 0 spiro atoms. The molecule has 0 bridgehead atoms. The van der Waals surface area contributed by atoms with Gasteiger partial charge in [0.1, 0.15) is 5.76 Å². The van der Waals surface area contributed by atoms with Crippen molar-refractivity contribution >= 4 is 19.7 Å². The van der Waals surface area contributed by atoms with Gasteiger partial charge in [-0.2, -0.15) is 0 Å². The summed E-state index contributed by atoms with van der Waals surface area (Å²) in [6.07, 6.45) is 2.33. The van der Waals surface area contributed by atoms with Crippen LogP contribution in [0.25, 0.3) is 0 Å². The maximum Gasteiger partial charge on any atom is 0.183 e. The van der Waals surface area contributed by atoms with E-state index in [0.29, 0.717) is 5.76 Å². The number of benzene rings is 1. The molecule has 136 valence electrons. The number of hydrogen-bond acceptors (Lipinski definition) is 6. The van der Waals surface area contributed by atoms with Crippen LogP contribution in [-0.2, 0) is 32.6 Å². The predicted octanol–water partition coefficient (Wildman–Crippen LogP) is 1.57. The predicted molar refractivity (Wildman–Crippen MR) is 94.8 cm³/mol. The van der Waals surface area contributed by atoms with E-state index in [2.05, 4.69) is 5.32 Å². The third-order valence-corrected chi connectivity index (χ3v) is 8.64. The number of nitrogens with one attached hydrogen (secondary N) is 1. The van der Waals surface area contributed by atoms with Gasteiger partial charge in [-0.15, -0.1) is 0 Å². The second-order valence-electron chi connectivity index (χ2n) is 6.22. The van der Waals surface area contributed by atoms with Gasteiger partial charge < -0.3 is 9.73 Å². The van der Waals surface area contributed by atoms with Crippen LogP contribution in [0.2, 0.25) is 0 Å². The molecule has 2 aromatic rings. The molecule has 1 aromatic carbocycles. The first-order valence-corrected chi connectivity index (χ1v) is 11.5. The van der Waals surface area contributed by atoms with Crippen molar-refractivity contribution in [1.29, 1.82) is 0 Å². The molecule has 1 aliphatic rings. The van der Waals surface area contributed by atoms with Crippen molar-refractivity contribution in [2.75, 3.05) is 11.5 Å². The Hall–Kier alpha value is -1.64. The summed E-state index contributed by atoms with van der Waals surface area (Å²) in [4.78, 5) is 0.164. The first-order valence-electron chi connectivity index (χ1n) is 8.11. The van der Waals surface area contributed by atoms with E-state index >= 15 is 0 Å². The van der Waals surface area contributed by atoms with Crippen LogP contribution in [0, 0.1) is 0 Å². The summed E-state index contributed by atoms with van der Waals surface area (Å²) in [5.74, 6) is 0.0819. The Morgan fingerprint density at radius 3 is 2.48 bits per heavy atom. The van der Waals surface area contributed by atoms with Crippen molar-refractivity contribution in [3.63, 3.8) is 0 Å². The van der Waals surface area contributed by atoms with Gasteiger partial charge in [-0.3, -0.25) is 0 Å². The number of hydrogen-bond donors (Lipinski definition) is 1. The maximum atomic E-state index is 13.0. The van der Waals surface area contributed by atoms with E-state index in [1.54, 1.807) is 36.4 Å². The summed E-state index contributed by atoms with van der Waals surface area (Å²) in [6.45, 7) is 2.27. The molecule has 0 saturated carbocycles. The Bertz CT molecular complexity index is 916. The molecule has 1 aliphatic heterocycles. The van der Waals surface area contributed by atoms with Crippen LogP contribution < -0.4 is 5.32 Å². The van der Waals surface area contributed by atoms with Gasteiger partial charge in [0, 0.05) is 6.04 Å². The molecular formula is C17H21NO5S2. The molecular weight excluding hydrogens is 362 g/mol. The van der Waals surface area contributed by atoms with Gasteiger partial charge in [0.25, 0.3) is 0 Å². The minimum atomic E-state index is -3.75. The average molecular weight is 383 g/mol. The molecule has 1 saturated heterocycles. The van der Waals surface area contributed by atoms with E-state index in [1.165, 1.54) is 6.26 Å². The number of aryl methyl sites for hydroxylation is 1. The molecule has 6 nitrogen and oxygen atoms in total. The Kier molecular flexibility index (Phi) is 5.04. The normalized spacial score (nSPS) is 22.9. The summed E-state index contributed by atoms with van der Waals surface area (Å²) in [6, 6.07) is 9.47. The van der Waals surface area contributed by atoms with Gasteiger partial charge in [0.05, 0.1) is 34.5 Å². The van der Waals surface area contributed by atoms with E-state index in [-0.39, 0.29) is 22.9 Å². The SMILES string of the molecule is CCc1ccc(S(=O)(=O)[C@H]2CS(=O)(=O)C[C@H]2NCc2ccco2)cc1. The molecule has 8 heteroatoms. The van der Waals surface area contributed by atoms with E-state index in [4.69, 9.17) is 4.42 Å². The fraction of sp³-hybridized carbons (Fsp3) is 0.412.